The van der Waals surface area contributed by atoms with E-state index in [9.17, 15) is 0 Å². The van der Waals surface area contributed by atoms with E-state index in [0.29, 0.717) is 6.61 Å². The number of nitrogens with zero attached hydrogens (tertiary/aromatic N) is 2. The number of ether oxygens (including phenoxy) is 1. The zero-order valence-electron chi connectivity index (χ0n) is 11.3. The highest BCUT2D eigenvalue weighted by Crippen LogP contribution is 2.35. The van der Waals surface area contributed by atoms with Gasteiger partial charge in [-0.05, 0) is 31.7 Å². The van der Waals surface area contributed by atoms with Crippen molar-refractivity contribution < 1.29 is 4.74 Å². The summed E-state index contributed by atoms with van der Waals surface area (Å²) in [7, 11) is 0. The lowest BCUT2D eigenvalue weighted by Gasteiger charge is -2.20. The Labute approximate surface area is 118 Å². The number of anilines is 1. The maximum absolute atomic E-state index is 5.72. The Bertz CT molecular complexity index is 641. The summed E-state index contributed by atoms with van der Waals surface area (Å²) in [6, 6.07) is 8.39. The Kier molecular flexibility index (Phi) is 2.80. The third kappa shape index (κ3) is 1.92. The van der Waals surface area contributed by atoms with E-state index in [1.807, 2.05) is 12.1 Å². The van der Waals surface area contributed by atoms with Crippen LogP contribution in [-0.4, -0.2) is 16.6 Å². The van der Waals surface area contributed by atoms with E-state index >= 15 is 0 Å². The molecule has 1 N–H and O–H groups in total. The number of fused-ring (bicyclic) bond motifs is 2. The van der Waals surface area contributed by atoms with Crippen LogP contribution in [0.1, 0.15) is 35.7 Å². The summed E-state index contributed by atoms with van der Waals surface area (Å²) in [5.74, 6) is 1.97. The van der Waals surface area contributed by atoms with E-state index in [-0.39, 0.29) is 6.04 Å². The molecule has 4 nitrogen and oxygen atoms in total. The molecule has 0 spiro atoms. The average molecular weight is 267 g/mol. The van der Waals surface area contributed by atoms with E-state index < -0.39 is 0 Å². The van der Waals surface area contributed by atoms with Crippen molar-refractivity contribution in [3.63, 3.8) is 0 Å². The lowest BCUT2D eigenvalue weighted by Crippen LogP contribution is -2.17. The van der Waals surface area contributed by atoms with Gasteiger partial charge in [-0.2, -0.15) is 0 Å². The van der Waals surface area contributed by atoms with E-state index in [1.54, 1.807) is 6.33 Å². The van der Waals surface area contributed by atoms with E-state index in [4.69, 9.17) is 4.74 Å². The van der Waals surface area contributed by atoms with Crippen molar-refractivity contribution in [2.45, 2.75) is 31.7 Å². The van der Waals surface area contributed by atoms with Crippen molar-refractivity contribution in [2.24, 2.45) is 0 Å². The Balaban J connectivity index is 1.65. The molecule has 1 aromatic carbocycles. The zero-order chi connectivity index (χ0) is 13.4. The number of hydrogen-bond donors (Lipinski definition) is 1. The third-order valence-electron chi connectivity index (χ3n) is 4.14. The van der Waals surface area contributed by atoms with Gasteiger partial charge in [0.1, 0.15) is 24.5 Å². The monoisotopic (exact) mass is 267 g/mol. The first-order chi connectivity index (χ1) is 9.92. The number of hydrogen-bond acceptors (Lipinski definition) is 4. The first-order valence-corrected chi connectivity index (χ1v) is 7.23. The van der Waals surface area contributed by atoms with Crippen molar-refractivity contribution in [1.29, 1.82) is 0 Å². The predicted molar refractivity (Wildman–Crippen MR) is 77.0 cm³/mol. The maximum atomic E-state index is 5.72. The van der Waals surface area contributed by atoms with Crippen LogP contribution >= 0.6 is 0 Å². The second kappa shape index (κ2) is 4.78. The van der Waals surface area contributed by atoms with Gasteiger partial charge in [0.05, 0.1) is 6.04 Å². The molecule has 102 valence electrons. The topological polar surface area (TPSA) is 47.0 Å². The fraction of sp³-hybridized carbons (Fsp3) is 0.375. The molecule has 1 atom stereocenters. The molecule has 2 aliphatic rings. The molecule has 20 heavy (non-hydrogen) atoms. The minimum Gasteiger partial charge on any atom is -0.491 e. The van der Waals surface area contributed by atoms with Crippen LogP contribution in [0, 0.1) is 0 Å². The Hall–Kier alpha value is -2.10. The van der Waals surface area contributed by atoms with Crippen LogP contribution in [0.2, 0.25) is 0 Å². The van der Waals surface area contributed by atoms with Gasteiger partial charge in [0.15, 0.2) is 0 Å². The molecule has 2 aromatic rings. The summed E-state index contributed by atoms with van der Waals surface area (Å²) in [6.45, 7) is 0.665. The molecule has 4 rings (SSSR count). The highest BCUT2D eigenvalue weighted by molar-refractivity contribution is 5.51. The minimum absolute atomic E-state index is 0.187. The molecular weight excluding hydrogens is 250 g/mol. The Morgan fingerprint density at radius 2 is 2.00 bits per heavy atom. The molecule has 1 aliphatic heterocycles. The molecule has 0 radical (unpaired) electrons. The smallest absolute Gasteiger partial charge is 0.133 e. The van der Waals surface area contributed by atoms with Crippen molar-refractivity contribution in [3.8, 4) is 5.75 Å². The normalized spacial score (nSPS) is 19.9. The van der Waals surface area contributed by atoms with Gasteiger partial charge in [-0.3, -0.25) is 0 Å². The zero-order valence-corrected chi connectivity index (χ0v) is 11.3. The highest BCUT2D eigenvalue weighted by Gasteiger charge is 2.25. The van der Waals surface area contributed by atoms with Crippen molar-refractivity contribution >= 4 is 5.82 Å². The van der Waals surface area contributed by atoms with E-state index in [1.165, 1.54) is 29.7 Å². The van der Waals surface area contributed by atoms with Crippen LogP contribution in [0.25, 0.3) is 0 Å². The average Bonchev–Trinajstić information content (AvgIpc) is 2.91. The van der Waals surface area contributed by atoms with Gasteiger partial charge < -0.3 is 10.1 Å². The molecule has 2 heterocycles. The highest BCUT2D eigenvalue weighted by atomic mass is 16.5. The summed E-state index contributed by atoms with van der Waals surface area (Å²) in [5, 5.41) is 3.55. The first-order valence-electron chi connectivity index (χ1n) is 7.23. The predicted octanol–water partition coefficient (Wildman–Crippen LogP) is 2.90. The number of para-hydroxylation sites is 1. The standard InChI is InChI=1S/C16H17N3O/c1-3-7-13-12(6-1)16(18-10-17-13)19-14-9-20-15-8-4-2-5-11(14)15/h2,4-5,8,10,14H,1,3,6-7,9H2,(H,17,18,19). The first kappa shape index (κ1) is 11.7. The third-order valence-corrected chi connectivity index (χ3v) is 4.14. The quantitative estimate of drug-likeness (QED) is 0.909. The fourth-order valence-corrected chi connectivity index (χ4v) is 3.09. The summed E-state index contributed by atoms with van der Waals surface area (Å²) >= 11 is 0. The molecule has 1 unspecified atom stereocenters. The molecule has 0 bridgehead atoms. The van der Waals surface area contributed by atoms with Gasteiger partial charge in [0.2, 0.25) is 0 Å². The van der Waals surface area contributed by atoms with Crippen molar-refractivity contribution in [2.75, 3.05) is 11.9 Å². The van der Waals surface area contributed by atoms with Gasteiger partial charge in [0, 0.05) is 16.8 Å². The molecule has 0 saturated heterocycles. The molecule has 1 aromatic heterocycles. The van der Waals surface area contributed by atoms with Crippen molar-refractivity contribution in [3.05, 3.63) is 47.4 Å². The van der Waals surface area contributed by atoms with Gasteiger partial charge >= 0.3 is 0 Å². The minimum atomic E-state index is 0.187. The number of aryl methyl sites for hydroxylation is 1. The number of rotatable bonds is 2. The van der Waals surface area contributed by atoms with Crippen LogP contribution in [0.4, 0.5) is 5.82 Å². The van der Waals surface area contributed by atoms with Crippen LogP contribution in [0.3, 0.4) is 0 Å². The van der Waals surface area contributed by atoms with Crippen LogP contribution in [0.5, 0.6) is 5.75 Å². The second-order valence-corrected chi connectivity index (χ2v) is 5.40. The molecule has 0 saturated carbocycles. The van der Waals surface area contributed by atoms with Crippen LogP contribution in [-0.2, 0) is 12.8 Å². The largest absolute Gasteiger partial charge is 0.491 e. The summed E-state index contributed by atoms with van der Waals surface area (Å²) in [4.78, 5) is 8.87. The van der Waals surface area contributed by atoms with Crippen LogP contribution < -0.4 is 10.1 Å². The molecule has 1 aliphatic carbocycles. The molecule has 0 fully saturated rings. The van der Waals surface area contributed by atoms with Gasteiger partial charge in [0.25, 0.3) is 0 Å². The number of aromatic nitrogens is 2. The van der Waals surface area contributed by atoms with E-state index in [0.717, 1.165) is 24.4 Å². The Morgan fingerprint density at radius 1 is 1.10 bits per heavy atom. The summed E-state index contributed by atoms with van der Waals surface area (Å²) < 4.78 is 5.72. The Morgan fingerprint density at radius 3 is 3.00 bits per heavy atom. The number of nitrogens with one attached hydrogen (secondary N) is 1. The second-order valence-electron chi connectivity index (χ2n) is 5.40. The van der Waals surface area contributed by atoms with Crippen molar-refractivity contribution in [1.82, 2.24) is 9.97 Å². The molecular formula is C16H17N3O. The van der Waals surface area contributed by atoms with Gasteiger partial charge in [-0.25, -0.2) is 9.97 Å². The van der Waals surface area contributed by atoms with E-state index in [2.05, 4.69) is 27.4 Å². The summed E-state index contributed by atoms with van der Waals surface area (Å²) in [5.41, 5.74) is 3.72. The fourth-order valence-electron chi connectivity index (χ4n) is 3.09. The maximum Gasteiger partial charge on any atom is 0.133 e. The lowest BCUT2D eigenvalue weighted by molar-refractivity contribution is 0.339. The number of benzene rings is 1. The van der Waals surface area contributed by atoms with Crippen LogP contribution in [0.15, 0.2) is 30.6 Å². The summed E-state index contributed by atoms with van der Waals surface area (Å²) in [6.07, 6.45) is 6.29. The SMILES string of the molecule is c1ccc2c(c1)OCC2Nc1ncnc2c1CCCC2. The lowest BCUT2D eigenvalue weighted by atomic mass is 9.96. The molecule has 0 amide bonds. The van der Waals surface area contributed by atoms with Gasteiger partial charge in [-0.15, -0.1) is 0 Å². The van der Waals surface area contributed by atoms with Gasteiger partial charge in [-0.1, -0.05) is 18.2 Å². The molecule has 4 heteroatoms.